The largest absolute Gasteiger partial charge is 0.388 e. The standard InChI is InChI=1S/C12H9BrFN3O2S2/c13-9-5-7(1-3-10(9)14)17-21(18,19)8-2-4-11(12(15)20)16-6-8/h1-6,17H,(H2,15,20). The van der Waals surface area contributed by atoms with Gasteiger partial charge in [-0.2, -0.15) is 0 Å². The molecule has 5 nitrogen and oxygen atoms in total. The number of anilines is 1. The number of thiocarbonyl (C=S) groups is 1. The van der Waals surface area contributed by atoms with Gasteiger partial charge in [0.2, 0.25) is 0 Å². The maximum absolute atomic E-state index is 13.1. The van der Waals surface area contributed by atoms with Crippen molar-refractivity contribution in [3.63, 3.8) is 0 Å². The number of hydrogen-bond donors (Lipinski definition) is 2. The summed E-state index contributed by atoms with van der Waals surface area (Å²) in [6, 6.07) is 6.54. The fraction of sp³-hybridized carbons (Fsp3) is 0. The number of nitrogens with two attached hydrogens (primary N) is 1. The van der Waals surface area contributed by atoms with E-state index in [2.05, 4.69) is 25.6 Å². The third-order valence-electron chi connectivity index (χ3n) is 2.47. The molecule has 1 aromatic carbocycles. The SMILES string of the molecule is NC(=S)c1ccc(S(=O)(=O)Nc2ccc(F)c(Br)c2)cn1. The summed E-state index contributed by atoms with van der Waals surface area (Å²) in [7, 11) is -3.83. The van der Waals surface area contributed by atoms with Gasteiger partial charge in [-0.3, -0.25) is 9.71 Å². The Kier molecular flexibility index (Phi) is 4.55. The van der Waals surface area contributed by atoms with Gasteiger partial charge in [0.15, 0.2) is 0 Å². The second kappa shape index (κ2) is 6.04. The molecule has 0 unspecified atom stereocenters. The Labute approximate surface area is 134 Å². The highest BCUT2D eigenvalue weighted by atomic mass is 79.9. The highest BCUT2D eigenvalue weighted by Gasteiger charge is 2.15. The lowest BCUT2D eigenvalue weighted by molar-refractivity contribution is 0.600. The number of aromatic nitrogens is 1. The van der Waals surface area contributed by atoms with Crippen molar-refractivity contribution in [1.29, 1.82) is 0 Å². The van der Waals surface area contributed by atoms with Crippen molar-refractivity contribution in [2.45, 2.75) is 4.90 Å². The summed E-state index contributed by atoms with van der Waals surface area (Å²) in [5, 5.41) is 0. The first-order chi connectivity index (χ1) is 9.79. The Morgan fingerprint density at radius 3 is 2.57 bits per heavy atom. The van der Waals surface area contributed by atoms with Crippen LogP contribution in [0.15, 0.2) is 45.9 Å². The first-order valence-corrected chi connectivity index (χ1v) is 8.22. The van der Waals surface area contributed by atoms with Gasteiger partial charge in [-0.05, 0) is 46.3 Å². The summed E-state index contributed by atoms with van der Waals surface area (Å²) in [5.74, 6) is -0.486. The van der Waals surface area contributed by atoms with Crippen LogP contribution in [0.3, 0.4) is 0 Å². The van der Waals surface area contributed by atoms with Crippen molar-refractivity contribution in [2.75, 3.05) is 4.72 Å². The average Bonchev–Trinajstić information content (AvgIpc) is 2.43. The van der Waals surface area contributed by atoms with Gasteiger partial charge < -0.3 is 5.73 Å². The van der Waals surface area contributed by atoms with E-state index < -0.39 is 15.8 Å². The van der Waals surface area contributed by atoms with Gasteiger partial charge in [0.05, 0.1) is 15.9 Å². The number of nitrogens with one attached hydrogen (secondary N) is 1. The lowest BCUT2D eigenvalue weighted by atomic mass is 10.3. The van der Waals surface area contributed by atoms with Gasteiger partial charge in [0.1, 0.15) is 15.7 Å². The molecule has 0 radical (unpaired) electrons. The van der Waals surface area contributed by atoms with Crippen molar-refractivity contribution >= 4 is 48.8 Å². The van der Waals surface area contributed by atoms with Crippen molar-refractivity contribution in [2.24, 2.45) is 5.73 Å². The van der Waals surface area contributed by atoms with E-state index in [9.17, 15) is 12.8 Å². The quantitative estimate of drug-likeness (QED) is 0.784. The van der Waals surface area contributed by atoms with Crippen LogP contribution in [0.5, 0.6) is 0 Å². The van der Waals surface area contributed by atoms with E-state index in [1.165, 1.54) is 24.3 Å². The monoisotopic (exact) mass is 389 g/mol. The van der Waals surface area contributed by atoms with Gasteiger partial charge in [0, 0.05) is 6.20 Å². The Morgan fingerprint density at radius 1 is 1.33 bits per heavy atom. The first-order valence-electron chi connectivity index (χ1n) is 5.53. The molecule has 0 saturated heterocycles. The maximum atomic E-state index is 13.1. The Hall–Kier alpha value is -1.58. The summed E-state index contributed by atoms with van der Waals surface area (Å²) in [6.07, 6.45) is 1.15. The molecule has 0 aliphatic rings. The Bertz CT molecular complexity index is 795. The maximum Gasteiger partial charge on any atom is 0.263 e. The minimum atomic E-state index is -3.83. The highest BCUT2D eigenvalue weighted by molar-refractivity contribution is 9.10. The van der Waals surface area contributed by atoms with Crippen molar-refractivity contribution in [3.05, 3.63) is 52.5 Å². The molecule has 0 amide bonds. The number of benzene rings is 1. The summed E-state index contributed by atoms with van der Waals surface area (Å²) >= 11 is 7.72. The fourth-order valence-electron chi connectivity index (χ4n) is 1.46. The molecule has 0 bridgehead atoms. The molecule has 0 aliphatic heterocycles. The molecule has 0 atom stereocenters. The number of nitrogens with zero attached hydrogens (tertiary/aromatic N) is 1. The molecule has 2 aromatic rings. The summed E-state index contributed by atoms with van der Waals surface area (Å²) in [4.78, 5) is 3.89. The molecule has 0 aliphatic carbocycles. The summed E-state index contributed by atoms with van der Waals surface area (Å²) in [5.41, 5.74) is 5.94. The van der Waals surface area contributed by atoms with Gasteiger partial charge in [-0.15, -0.1) is 0 Å². The third kappa shape index (κ3) is 3.74. The molecular formula is C12H9BrFN3O2S2. The van der Waals surface area contributed by atoms with Crippen LogP contribution in [-0.2, 0) is 10.0 Å². The fourth-order valence-corrected chi connectivity index (χ4v) is 2.95. The van der Waals surface area contributed by atoms with Crippen LogP contribution in [0, 0.1) is 5.82 Å². The molecule has 3 N–H and O–H groups in total. The molecule has 0 saturated carbocycles. The Balaban J connectivity index is 2.29. The third-order valence-corrected chi connectivity index (χ3v) is 4.65. The predicted octanol–water partition coefficient (Wildman–Crippen LogP) is 2.42. The molecule has 21 heavy (non-hydrogen) atoms. The van der Waals surface area contributed by atoms with Crippen LogP contribution in [0.1, 0.15) is 5.69 Å². The molecule has 2 rings (SSSR count). The number of hydrogen-bond acceptors (Lipinski definition) is 4. The first kappa shape index (κ1) is 15.8. The zero-order valence-corrected chi connectivity index (χ0v) is 13.6. The van der Waals surface area contributed by atoms with Crippen LogP contribution < -0.4 is 10.5 Å². The zero-order chi connectivity index (χ0) is 15.6. The summed E-state index contributed by atoms with van der Waals surface area (Å²) in [6.45, 7) is 0. The van der Waals surface area contributed by atoms with Crippen molar-refractivity contribution in [1.82, 2.24) is 4.98 Å². The average molecular weight is 390 g/mol. The van der Waals surface area contributed by atoms with E-state index in [0.29, 0.717) is 5.69 Å². The highest BCUT2D eigenvalue weighted by Crippen LogP contribution is 2.22. The van der Waals surface area contributed by atoms with Crippen LogP contribution >= 0.6 is 28.1 Å². The van der Waals surface area contributed by atoms with Crippen molar-refractivity contribution < 1.29 is 12.8 Å². The minimum absolute atomic E-state index is 0.0528. The van der Waals surface area contributed by atoms with E-state index in [-0.39, 0.29) is 20.0 Å². The number of rotatable bonds is 4. The molecule has 0 spiro atoms. The molecule has 0 fully saturated rings. The second-order valence-corrected chi connectivity index (χ2v) is 6.95. The lowest BCUT2D eigenvalue weighted by Crippen LogP contribution is -2.15. The predicted molar refractivity (Wildman–Crippen MR) is 85.0 cm³/mol. The van der Waals surface area contributed by atoms with E-state index >= 15 is 0 Å². The van der Waals surface area contributed by atoms with E-state index in [1.807, 2.05) is 0 Å². The normalized spacial score (nSPS) is 11.1. The van der Waals surface area contributed by atoms with Crippen LogP contribution in [0.2, 0.25) is 0 Å². The van der Waals surface area contributed by atoms with Crippen LogP contribution in [0.25, 0.3) is 0 Å². The molecule has 1 heterocycles. The van der Waals surface area contributed by atoms with Crippen molar-refractivity contribution in [3.8, 4) is 0 Å². The van der Waals surface area contributed by atoms with Gasteiger partial charge in [-0.25, -0.2) is 12.8 Å². The molecule has 9 heteroatoms. The molecular weight excluding hydrogens is 381 g/mol. The zero-order valence-electron chi connectivity index (χ0n) is 10.4. The minimum Gasteiger partial charge on any atom is -0.388 e. The van der Waals surface area contributed by atoms with E-state index in [1.54, 1.807) is 0 Å². The summed E-state index contributed by atoms with van der Waals surface area (Å²) < 4.78 is 39.9. The number of pyridine rings is 1. The number of halogens is 2. The molecule has 1 aromatic heterocycles. The van der Waals surface area contributed by atoms with Gasteiger partial charge in [0.25, 0.3) is 10.0 Å². The van der Waals surface area contributed by atoms with E-state index in [4.69, 9.17) is 18.0 Å². The van der Waals surface area contributed by atoms with Gasteiger partial charge >= 0.3 is 0 Å². The lowest BCUT2D eigenvalue weighted by Gasteiger charge is -2.09. The number of sulfonamides is 1. The molecule has 110 valence electrons. The smallest absolute Gasteiger partial charge is 0.263 e. The van der Waals surface area contributed by atoms with Crippen LogP contribution in [-0.4, -0.2) is 18.4 Å². The van der Waals surface area contributed by atoms with Gasteiger partial charge in [-0.1, -0.05) is 12.2 Å². The topological polar surface area (TPSA) is 85.1 Å². The second-order valence-electron chi connectivity index (χ2n) is 3.98. The Morgan fingerprint density at radius 2 is 2.05 bits per heavy atom. The van der Waals surface area contributed by atoms with Crippen LogP contribution in [0.4, 0.5) is 10.1 Å². The van der Waals surface area contributed by atoms with E-state index in [0.717, 1.165) is 12.3 Å².